The van der Waals surface area contributed by atoms with Crippen molar-refractivity contribution in [2.45, 2.75) is 6.42 Å². The van der Waals surface area contributed by atoms with Crippen LogP contribution in [-0.2, 0) is 4.79 Å². The van der Waals surface area contributed by atoms with E-state index in [1.807, 2.05) is 0 Å². The van der Waals surface area contributed by atoms with Crippen LogP contribution in [0.25, 0.3) is 0 Å². The third kappa shape index (κ3) is 2.75. The molecule has 88 valence electrons. The maximum absolute atomic E-state index is 11.3. The Kier molecular flexibility index (Phi) is 3.81. The smallest absolute Gasteiger partial charge is 0.298 e. The maximum Gasteiger partial charge on any atom is 0.298 e. The summed E-state index contributed by atoms with van der Waals surface area (Å²) in [6.45, 7) is 7.20. The number of carbonyl (C=O) groups excluding carboxylic acids is 1. The van der Waals surface area contributed by atoms with Gasteiger partial charge in [-0.1, -0.05) is 0 Å². The van der Waals surface area contributed by atoms with Crippen LogP contribution in [0.2, 0.25) is 0 Å². The van der Waals surface area contributed by atoms with Crippen molar-refractivity contribution in [2.24, 2.45) is 5.92 Å². The van der Waals surface area contributed by atoms with Crippen molar-refractivity contribution >= 4 is 5.91 Å². The normalized spacial score (nSPS) is 26.7. The van der Waals surface area contributed by atoms with E-state index < -0.39 is 0 Å². The lowest BCUT2D eigenvalue weighted by atomic mass is 10.1. The monoisotopic (exact) mass is 221 g/mol. The van der Waals surface area contributed by atoms with Gasteiger partial charge >= 0.3 is 0 Å². The molecular weight excluding hydrogens is 202 g/mol. The Morgan fingerprint density at radius 1 is 1.38 bits per heavy atom. The molecule has 2 rings (SSSR count). The topological polar surface area (TPSA) is 35.6 Å². The third-order valence-electron chi connectivity index (χ3n) is 3.42. The summed E-state index contributed by atoms with van der Waals surface area (Å²) in [4.78, 5) is 15.6. The van der Waals surface area contributed by atoms with Gasteiger partial charge in [0.05, 0.1) is 0 Å². The summed E-state index contributed by atoms with van der Waals surface area (Å²) >= 11 is 0. The average molecular weight is 221 g/mol. The second kappa shape index (κ2) is 5.33. The van der Waals surface area contributed by atoms with Crippen molar-refractivity contribution < 1.29 is 4.79 Å². The quantitative estimate of drug-likeness (QED) is 0.631. The Balaban J connectivity index is 1.76. The van der Waals surface area contributed by atoms with E-state index >= 15 is 0 Å². The summed E-state index contributed by atoms with van der Waals surface area (Å²) in [6, 6.07) is 0. The molecule has 1 amide bonds. The van der Waals surface area contributed by atoms with Crippen LogP contribution >= 0.6 is 0 Å². The van der Waals surface area contributed by atoms with Gasteiger partial charge in [-0.3, -0.25) is 4.79 Å². The Hall–Kier alpha value is -1.05. The second-order valence-electron chi connectivity index (χ2n) is 4.60. The molecule has 1 atom stereocenters. The van der Waals surface area contributed by atoms with Gasteiger partial charge < -0.3 is 15.1 Å². The minimum absolute atomic E-state index is 0.150. The van der Waals surface area contributed by atoms with Gasteiger partial charge in [0.2, 0.25) is 0 Å². The molecule has 0 aromatic carbocycles. The number of nitrogens with zero attached hydrogens (tertiary/aromatic N) is 2. The SMILES string of the molecule is C#CC(=O)N1CCC(CN2CCNCC2)C1. The molecule has 4 nitrogen and oxygen atoms in total. The Morgan fingerprint density at radius 3 is 2.81 bits per heavy atom. The first-order valence-electron chi connectivity index (χ1n) is 5.98. The van der Waals surface area contributed by atoms with Crippen LogP contribution in [0.1, 0.15) is 6.42 Å². The highest BCUT2D eigenvalue weighted by molar-refractivity contribution is 5.93. The molecule has 0 radical (unpaired) electrons. The second-order valence-corrected chi connectivity index (χ2v) is 4.60. The molecule has 0 saturated carbocycles. The molecule has 2 heterocycles. The number of piperazine rings is 1. The van der Waals surface area contributed by atoms with E-state index in [2.05, 4.69) is 16.1 Å². The van der Waals surface area contributed by atoms with E-state index in [9.17, 15) is 4.79 Å². The van der Waals surface area contributed by atoms with Gasteiger partial charge in [0.25, 0.3) is 5.91 Å². The van der Waals surface area contributed by atoms with Gasteiger partial charge in [-0.05, 0) is 18.3 Å². The van der Waals surface area contributed by atoms with Crippen molar-refractivity contribution in [2.75, 3.05) is 45.8 Å². The van der Waals surface area contributed by atoms with Crippen LogP contribution in [-0.4, -0.2) is 61.5 Å². The number of terminal acetylenes is 1. The molecule has 4 heteroatoms. The van der Waals surface area contributed by atoms with Crippen molar-refractivity contribution in [3.8, 4) is 12.3 Å². The van der Waals surface area contributed by atoms with Gasteiger partial charge in [0, 0.05) is 45.8 Å². The van der Waals surface area contributed by atoms with Gasteiger partial charge in [-0.15, -0.1) is 6.42 Å². The lowest BCUT2D eigenvalue weighted by Gasteiger charge is -2.29. The third-order valence-corrected chi connectivity index (χ3v) is 3.42. The molecule has 0 bridgehead atoms. The molecule has 2 aliphatic heterocycles. The predicted molar refractivity (Wildman–Crippen MR) is 62.8 cm³/mol. The van der Waals surface area contributed by atoms with Crippen LogP contribution in [0.15, 0.2) is 0 Å². The summed E-state index contributed by atoms with van der Waals surface area (Å²) in [5.74, 6) is 2.65. The van der Waals surface area contributed by atoms with E-state index in [1.54, 1.807) is 4.90 Å². The van der Waals surface area contributed by atoms with Crippen LogP contribution in [0, 0.1) is 18.3 Å². The van der Waals surface area contributed by atoms with E-state index in [4.69, 9.17) is 6.42 Å². The number of amides is 1. The number of hydrogen-bond acceptors (Lipinski definition) is 3. The van der Waals surface area contributed by atoms with Crippen molar-refractivity contribution in [1.82, 2.24) is 15.1 Å². The van der Waals surface area contributed by atoms with Gasteiger partial charge in [0.15, 0.2) is 0 Å². The van der Waals surface area contributed by atoms with Crippen LogP contribution in [0.5, 0.6) is 0 Å². The number of rotatable bonds is 2. The van der Waals surface area contributed by atoms with Crippen LogP contribution in [0.4, 0.5) is 0 Å². The van der Waals surface area contributed by atoms with Gasteiger partial charge in [-0.2, -0.15) is 0 Å². The molecule has 0 aromatic rings. The lowest BCUT2D eigenvalue weighted by Crippen LogP contribution is -2.45. The summed E-state index contributed by atoms with van der Waals surface area (Å²) < 4.78 is 0. The Bertz CT molecular complexity index is 291. The van der Waals surface area contributed by atoms with Crippen LogP contribution in [0.3, 0.4) is 0 Å². The molecule has 0 aliphatic carbocycles. The van der Waals surface area contributed by atoms with Crippen molar-refractivity contribution in [3.63, 3.8) is 0 Å². The minimum atomic E-state index is -0.150. The van der Waals surface area contributed by atoms with E-state index in [1.165, 1.54) is 0 Å². The number of likely N-dealkylation sites (tertiary alicyclic amines) is 1. The molecular formula is C12H19N3O. The van der Waals surface area contributed by atoms with E-state index in [-0.39, 0.29) is 5.91 Å². The molecule has 2 saturated heterocycles. The van der Waals surface area contributed by atoms with E-state index in [0.29, 0.717) is 5.92 Å². The highest BCUT2D eigenvalue weighted by Gasteiger charge is 2.26. The zero-order chi connectivity index (χ0) is 11.4. The molecule has 2 fully saturated rings. The Labute approximate surface area is 97.0 Å². The van der Waals surface area contributed by atoms with Gasteiger partial charge in [-0.25, -0.2) is 0 Å². The molecule has 0 aromatic heterocycles. The highest BCUT2D eigenvalue weighted by Crippen LogP contribution is 2.17. The number of nitrogens with one attached hydrogen (secondary N) is 1. The molecule has 2 aliphatic rings. The summed E-state index contributed by atoms with van der Waals surface area (Å²) in [5.41, 5.74) is 0. The zero-order valence-electron chi connectivity index (χ0n) is 9.61. The fourth-order valence-electron chi connectivity index (χ4n) is 2.52. The van der Waals surface area contributed by atoms with E-state index in [0.717, 1.165) is 52.2 Å². The highest BCUT2D eigenvalue weighted by atomic mass is 16.2. The summed E-state index contributed by atoms with van der Waals surface area (Å²) in [7, 11) is 0. The maximum atomic E-state index is 11.3. The summed E-state index contributed by atoms with van der Waals surface area (Å²) in [5, 5.41) is 3.34. The fraction of sp³-hybridized carbons (Fsp3) is 0.750. The molecule has 1 unspecified atom stereocenters. The lowest BCUT2D eigenvalue weighted by molar-refractivity contribution is -0.124. The molecule has 1 N–H and O–H groups in total. The van der Waals surface area contributed by atoms with Gasteiger partial charge in [0.1, 0.15) is 0 Å². The Morgan fingerprint density at radius 2 is 2.12 bits per heavy atom. The fourth-order valence-corrected chi connectivity index (χ4v) is 2.52. The number of carbonyl (C=O) groups is 1. The molecule has 0 spiro atoms. The first-order valence-corrected chi connectivity index (χ1v) is 5.98. The number of hydrogen-bond donors (Lipinski definition) is 1. The standard InChI is InChI=1S/C12H19N3O/c1-2-12(16)15-6-3-11(10-15)9-14-7-4-13-5-8-14/h1,11,13H,3-10H2. The minimum Gasteiger partial charge on any atom is -0.332 e. The van der Waals surface area contributed by atoms with Crippen molar-refractivity contribution in [1.29, 1.82) is 0 Å². The predicted octanol–water partition coefficient (Wildman–Crippen LogP) is -0.627. The first kappa shape index (κ1) is 11.4. The average Bonchev–Trinajstić information content (AvgIpc) is 2.78. The van der Waals surface area contributed by atoms with Crippen LogP contribution < -0.4 is 5.32 Å². The molecule has 16 heavy (non-hydrogen) atoms. The first-order chi connectivity index (χ1) is 7.79. The largest absolute Gasteiger partial charge is 0.332 e. The zero-order valence-corrected chi connectivity index (χ0v) is 9.61. The summed E-state index contributed by atoms with van der Waals surface area (Å²) in [6.07, 6.45) is 6.22. The van der Waals surface area contributed by atoms with Crippen molar-refractivity contribution in [3.05, 3.63) is 0 Å².